The van der Waals surface area contributed by atoms with Crippen LogP contribution in [0.3, 0.4) is 0 Å². The highest BCUT2D eigenvalue weighted by Gasteiger charge is 2.27. The molecule has 1 fully saturated rings. The zero-order chi connectivity index (χ0) is 22.6. The average Bonchev–Trinajstić information content (AvgIpc) is 3.30. The number of carbonyl (C=O) groups is 1. The van der Waals surface area contributed by atoms with E-state index in [1.165, 1.54) is 59.5 Å². The van der Waals surface area contributed by atoms with Gasteiger partial charge in [0.05, 0.1) is 16.3 Å². The van der Waals surface area contributed by atoms with Crippen molar-refractivity contribution < 1.29 is 21.6 Å². The number of hydrogen-bond acceptors (Lipinski definition) is 6. The average molecular weight is 484 g/mol. The third-order valence-corrected chi connectivity index (χ3v) is 9.45. The molecule has 11 heteroatoms. The van der Waals surface area contributed by atoms with E-state index in [1.54, 1.807) is 12.1 Å². The molecule has 0 aromatic heterocycles. The van der Waals surface area contributed by atoms with E-state index in [-0.39, 0.29) is 16.3 Å². The molecule has 1 amide bonds. The Hall–Kier alpha value is -1.92. The lowest BCUT2D eigenvalue weighted by Crippen LogP contribution is -2.35. The lowest BCUT2D eigenvalue weighted by Gasteiger charge is -2.17. The summed E-state index contributed by atoms with van der Waals surface area (Å²) >= 11 is 1.50. The van der Waals surface area contributed by atoms with Gasteiger partial charge in [0.1, 0.15) is 0 Å². The number of anilines is 1. The highest BCUT2D eigenvalue weighted by Crippen LogP contribution is 2.23. The molecule has 1 aliphatic rings. The monoisotopic (exact) mass is 483 g/mol. The quantitative estimate of drug-likeness (QED) is 0.579. The molecule has 168 valence electrons. The van der Waals surface area contributed by atoms with Gasteiger partial charge in [-0.3, -0.25) is 4.79 Å². The summed E-state index contributed by atoms with van der Waals surface area (Å²) < 4.78 is 52.9. The van der Waals surface area contributed by atoms with Crippen LogP contribution in [0.5, 0.6) is 0 Å². The molecule has 0 aliphatic carbocycles. The number of amides is 1. The standard InChI is InChI=1S/C20H25N3O5S3/c1-22(30(25,26)18-11-7-17(29-2)8-12-18)15-20(24)21-16-5-9-19(10-6-16)31(27,28)23-13-3-4-14-23/h5-12H,3-4,13-15H2,1-2H3,(H,21,24). The molecule has 0 unspecified atom stereocenters. The van der Waals surface area contributed by atoms with Gasteiger partial charge in [-0.2, -0.15) is 8.61 Å². The van der Waals surface area contributed by atoms with E-state index in [1.807, 2.05) is 6.26 Å². The van der Waals surface area contributed by atoms with Crippen LogP contribution in [-0.2, 0) is 24.8 Å². The van der Waals surface area contributed by atoms with E-state index in [0.29, 0.717) is 18.8 Å². The van der Waals surface area contributed by atoms with Crippen molar-refractivity contribution in [2.75, 3.05) is 38.3 Å². The minimum Gasteiger partial charge on any atom is -0.325 e. The van der Waals surface area contributed by atoms with Crippen LogP contribution in [0.15, 0.2) is 63.2 Å². The summed E-state index contributed by atoms with van der Waals surface area (Å²) in [7, 11) is -6.00. The molecule has 0 spiro atoms. The molecule has 2 aromatic rings. The van der Waals surface area contributed by atoms with Crippen molar-refractivity contribution in [3.05, 3.63) is 48.5 Å². The maximum atomic E-state index is 12.7. The van der Waals surface area contributed by atoms with E-state index in [9.17, 15) is 21.6 Å². The van der Waals surface area contributed by atoms with Crippen molar-refractivity contribution in [1.82, 2.24) is 8.61 Å². The number of carbonyl (C=O) groups excluding carboxylic acids is 1. The Balaban J connectivity index is 1.63. The lowest BCUT2D eigenvalue weighted by molar-refractivity contribution is -0.116. The molecule has 0 radical (unpaired) electrons. The van der Waals surface area contributed by atoms with E-state index < -0.39 is 26.0 Å². The van der Waals surface area contributed by atoms with E-state index in [4.69, 9.17) is 0 Å². The van der Waals surface area contributed by atoms with Crippen LogP contribution in [0.4, 0.5) is 5.69 Å². The van der Waals surface area contributed by atoms with Crippen molar-refractivity contribution in [1.29, 1.82) is 0 Å². The van der Waals surface area contributed by atoms with Gasteiger partial charge in [0, 0.05) is 30.7 Å². The summed E-state index contributed by atoms with van der Waals surface area (Å²) in [6, 6.07) is 12.3. The summed E-state index contributed by atoms with van der Waals surface area (Å²) in [4.78, 5) is 13.6. The molecule has 1 saturated heterocycles. The molecular weight excluding hydrogens is 458 g/mol. The molecule has 1 heterocycles. The topological polar surface area (TPSA) is 104 Å². The Labute approximate surface area is 187 Å². The van der Waals surface area contributed by atoms with Crippen LogP contribution in [0, 0.1) is 0 Å². The van der Waals surface area contributed by atoms with Gasteiger partial charge >= 0.3 is 0 Å². The Morgan fingerprint density at radius 2 is 1.52 bits per heavy atom. The van der Waals surface area contributed by atoms with Gasteiger partial charge in [0.2, 0.25) is 26.0 Å². The van der Waals surface area contributed by atoms with Crippen molar-refractivity contribution in [3.8, 4) is 0 Å². The normalized spacial score (nSPS) is 15.3. The number of rotatable bonds is 8. The second-order valence-electron chi connectivity index (χ2n) is 7.12. The molecule has 31 heavy (non-hydrogen) atoms. The number of hydrogen-bond donors (Lipinski definition) is 1. The largest absolute Gasteiger partial charge is 0.325 e. The molecule has 1 aliphatic heterocycles. The van der Waals surface area contributed by atoms with Gasteiger partial charge in [-0.25, -0.2) is 16.8 Å². The van der Waals surface area contributed by atoms with E-state index in [0.717, 1.165) is 22.0 Å². The van der Waals surface area contributed by atoms with Crippen molar-refractivity contribution in [2.45, 2.75) is 27.5 Å². The summed E-state index contributed by atoms with van der Waals surface area (Å²) in [6.45, 7) is 0.656. The van der Waals surface area contributed by atoms with Crippen molar-refractivity contribution in [2.24, 2.45) is 0 Å². The molecule has 0 bridgehead atoms. The van der Waals surface area contributed by atoms with Crippen LogP contribution in [0.1, 0.15) is 12.8 Å². The van der Waals surface area contributed by atoms with Gasteiger partial charge in [-0.15, -0.1) is 11.8 Å². The summed E-state index contributed by atoms with van der Waals surface area (Å²) in [5.41, 5.74) is 0.389. The Morgan fingerprint density at radius 3 is 2.06 bits per heavy atom. The number of thioether (sulfide) groups is 1. The third kappa shape index (κ3) is 5.47. The zero-order valence-corrected chi connectivity index (χ0v) is 19.8. The molecule has 1 N–H and O–H groups in total. The first kappa shape index (κ1) is 23.7. The SMILES string of the molecule is CSc1ccc(S(=O)(=O)N(C)CC(=O)Nc2ccc(S(=O)(=O)N3CCCC3)cc2)cc1. The number of benzene rings is 2. The summed E-state index contributed by atoms with van der Waals surface area (Å²) in [6.07, 6.45) is 3.60. The van der Waals surface area contributed by atoms with Crippen LogP contribution in [0.2, 0.25) is 0 Å². The Bertz CT molecular complexity index is 1130. The Morgan fingerprint density at radius 1 is 0.968 bits per heavy atom. The van der Waals surface area contributed by atoms with Crippen LogP contribution in [0.25, 0.3) is 0 Å². The maximum absolute atomic E-state index is 12.7. The zero-order valence-electron chi connectivity index (χ0n) is 17.3. The van der Waals surface area contributed by atoms with Gasteiger partial charge in [-0.05, 0) is 67.6 Å². The van der Waals surface area contributed by atoms with Crippen molar-refractivity contribution in [3.63, 3.8) is 0 Å². The number of nitrogens with zero attached hydrogens (tertiary/aromatic N) is 2. The van der Waals surface area contributed by atoms with E-state index in [2.05, 4.69) is 5.32 Å². The molecule has 2 aromatic carbocycles. The number of nitrogens with one attached hydrogen (secondary N) is 1. The minimum absolute atomic E-state index is 0.108. The van der Waals surface area contributed by atoms with E-state index >= 15 is 0 Å². The van der Waals surface area contributed by atoms with Gasteiger partial charge in [0.25, 0.3) is 0 Å². The highest BCUT2D eigenvalue weighted by molar-refractivity contribution is 7.98. The van der Waals surface area contributed by atoms with Gasteiger partial charge in [-0.1, -0.05) is 0 Å². The van der Waals surface area contributed by atoms with Crippen LogP contribution in [-0.4, -0.2) is 64.3 Å². The predicted octanol–water partition coefficient (Wildman–Crippen LogP) is 2.45. The first-order valence-electron chi connectivity index (χ1n) is 9.65. The second-order valence-corrected chi connectivity index (χ2v) is 12.0. The molecule has 0 atom stereocenters. The summed E-state index contributed by atoms with van der Waals surface area (Å²) in [5.74, 6) is -0.526. The fraction of sp³-hybridized carbons (Fsp3) is 0.350. The fourth-order valence-electron chi connectivity index (χ4n) is 3.20. The van der Waals surface area contributed by atoms with Crippen LogP contribution >= 0.6 is 11.8 Å². The first-order valence-corrected chi connectivity index (χ1v) is 13.8. The Kier molecular flexibility index (Phi) is 7.43. The maximum Gasteiger partial charge on any atom is 0.243 e. The molecular formula is C20H25N3O5S3. The third-order valence-electron chi connectivity index (χ3n) is 4.97. The van der Waals surface area contributed by atoms with Crippen LogP contribution < -0.4 is 5.32 Å². The number of sulfonamides is 2. The fourth-order valence-corrected chi connectivity index (χ4v) is 6.26. The predicted molar refractivity (Wildman–Crippen MR) is 121 cm³/mol. The molecule has 0 saturated carbocycles. The smallest absolute Gasteiger partial charge is 0.243 e. The van der Waals surface area contributed by atoms with Crippen molar-refractivity contribution >= 4 is 43.4 Å². The summed E-state index contributed by atoms with van der Waals surface area (Å²) in [5, 5.41) is 2.61. The van der Waals surface area contributed by atoms with Gasteiger partial charge < -0.3 is 5.32 Å². The van der Waals surface area contributed by atoms with Gasteiger partial charge in [0.15, 0.2) is 0 Å². The first-order chi connectivity index (χ1) is 14.6. The minimum atomic E-state index is -3.81. The highest BCUT2D eigenvalue weighted by atomic mass is 32.2. The second kappa shape index (κ2) is 9.70. The lowest BCUT2D eigenvalue weighted by atomic mass is 10.3. The molecule has 8 nitrogen and oxygen atoms in total. The molecule has 3 rings (SSSR count). The number of likely N-dealkylation sites (N-methyl/N-ethyl adjacent to an activating group) is 1.